The standard InChI is InChI=1S/C17H19ClFNO/c1-4-21-17-9-11(2)5-8-16(17)20-12(3)13-6-7-15(19)14(18)10-13/h5-10,12,20H,4H2,1-3H3. The molecule has 2 aromatic rings. The van der Waals surface area contributed by atoms with E-state index in [1.165, 1.54) is 6.07 Å². The first-order chi connectivity index (χ1) is 10.0. The van der Waals surface area contributed by atoms with Gasteiger partial charge in [0.25, 0.3) is 0 Å². The predicted molar refractivity (Wildman–Crippen MR) is 85.8 cm³/mol. The fraction of sp³-hybridized carbons (Fsp3) is 0.294. The van der Waals surface area contributed by atoms with Crippen molar-refractivity contribution in [2.75, 3.05) is 11.9 Å². The third-order valence-corrected chi connectivity index (χ3v) is 3.54. The van der Waals surface area contributed by atoms with Crippen LogP contribution in [0.4, 0.5) is 10.1 Å². The molecule has 0 aliphatic heterocycles. The van der Waals surface area contributed by atoms with Crippen LogP contribution >= 0.6 is 11.6 Å². The summed E-state index contributed by atoms with van der Waals surface area (Å²) >= 11 is 5.84. The van der Waals surface area contributed by atoms with Gasteiger partial charge in [0, 0.05) is 6.04 Å². The van der Waals surface area contributed by atoms with Crippen LogP contribution in [-0.4, -0.2) is 6.61 Å². The lowest BCUT2D eigenvalue weighted by atomic mass is 10.1. The summed E-state index contributed by atoms with van der Waals surface area (Å²) in [6.45, 7) is 6.58. The smallest absolute Gasteiger partial charge is 0.142 e. The Morgan fingerprint density at radius 3 is 2.67 bits per heavy atom. The topological polar surface area (TPSA) is 21.3 Å². The van der Waals surface area contributed by atoms with Crippen LogP contribution in [0.15, 0.2) is 36.4 Å². The van der Waals surface area contributed by atoms with E-state index in [0.29, 0.717) is 6.61 Å². The molecule has 0 amide bonds. The van der Waals surface area contributed by atoms with Gasteiger partial charge in [0.2, 0.25) is 0 Å². The molecular weight excluding hydrogens is 289 g/mol. The van der Waals surface area contributed by atoms with Crippen molar-refractivity contribution in [2.45, 2.75) is 26.8 Å². The van der Waals surface area contributed by atoms with Crippen molar-refractivity contribution in [3.63, 3.8) is 0 Å². The number of rotatable bonds is 5. The average Bonchev–Trinajstić information content (AvgIpc) is 2.45. The lowest BCUT2D eigenvalue weighted by Gasteiger charge is -2.19. The van der Waals surface area contributed by atoms with Gasteiger partial charge >= 0.3 is 0 Å². The summed E-state index contributed by atoms with van der Waals surface area (Å²) in [7, 11) is 0. The van der Waals surface area contributed by atoms with Gasteiger partial charge in [0.1, 0.15) is 11.6 Å². The van der Waals surface area contributed by atoms with Crippen LogP contribution in [0.3, 0.4) is 0 Å². The minimum atomic E-state index is -0.405. The molecule has 0 aromatic heterocycles. The second-order valence-corrected chi connectivity index (χ2v) is 5.38. The highest BCUT2D eigenvalue weighted by Crippen LogP contribution is 2.30. The quantitative estimate of drug-likeness (QED) is 0.803. The van der Waals surface area contributed by atoms with E-state index in [-0.39, 0.29) is 11.1 Å². The van der Waals surface area contributed by atoms with Gasteiger partial charge < -0.3 is 10.1 Å². The molecule has 2 nitrogen and oxygen atoms in total. The van der Waals surface area contributed by atoms with Crippen molar-refractivity contribution in [3.8, 4) is 5.75 Å². The monoisotopic (exact) mass is 307 g/mol. The molecule has 0 saturated heterocycles. The number of hydrogen-bond acceptors (Lipinski definition) is 2. The molecule has 0 heterocycles. The highest BCUT2D eigenvalue weighted by molar-refractivity contribution is 6.30. The molecule has 0 bridgehead atoms. The number of hydrogen-bond donors (Lipinski definition) is 1. The minimum Gasteiger partial charge on any atom is -0.492 e. The van der Waals surface area contributed by atoms with Crippen LogP contribution in [0.25, 0.3) is 0 Å². The van der Waals surface area contributed by atoms with Gasteiger partial charge in [-0.1, -0.05) is 23.7 Å². The first-order valence-corrected chi connectivity index (χ1v) is 7.34. The SMILES string of the molecule is CCOc1cc(C)ccc1NC(C)c1ccc(F)c(Cl)c1. The van der Waals surface area contributed by atoms with E-state index < -0.39 is 5.82 Å². The largest absolute Gasteiger partial charge is 0.492 e. The number of anilines is 1. The molecule has 1 atom stereocenters. The second-order valence-electron chi connectivity index (χ2n) is 4.97. The summed E-state index contributed by atoms with van der Waals surface area (Å²) in [5.41, 5.74) is 2.97. The summed E-state index contributed by atoms with van der Waals surface area (Å²) < 4.78 is 18.9. The van der Waals surface area contributed by atoms with Crippen molar-refractivity contribution >= 4 is 17.3 Å². The molecule has 112 valence electrons. The highest BCUT2D eigenvalue weighted by atomic mass is 35.5. The number of benzene rings is 2. The van der Waals surface area contributed by atoms with E-state index in [1.807, 2.05) is 39.0 Å². The van der Waals surface area contributed by atoms with E-state index in [1.54, 1.807) is 12.1 Å². The van der Waals surface area contributed by atoms with Crippen molar-refractivity contribution in [1.29, 1.82) is 0 Å². The maximum absolute atomic E-state index is 13.2. The van der Waals surface area contributed by atoms with Gasteiger partial charge in [-0.25, -0.2) is 4.39 Å². The summed E-state index contributed by atoms with van der Waals surface area (Å²) in [5, 5.41) is 3.51. The van der Waals surface area contributed by atoms with Gasteiger partial charge in [0.15, 0.2) is 0 Å². The third-order valence-electron chi connectivity index (χ3n) is 3.25. The molecule has 2 aromatic carbocycles. The maximum atomic E-state index is 13.2. The zero-order chi connectivity index (χ0) is 15.4. The predicted octanol–water partition coefficient (Wildman–Crippen LogP) is 5.36. The normalized spacial score (nSPS) is 12.0. The van der Waals surface area contributed by atoms with Gasteiger partial charge in [-0.2, -0.15) is 0 Å². The van der Waals surface area contributed by atoms with Gasteiger partial charge in [0.05, 0.1) is 17.3 Å². The zero-order valence-corrected chi connectivity index (χ0v) is 13.2. The van der Waals surface area contributed by atoms with E-state index in [0.717, 1.165) is 22.6 Å². The molecule has 0 radical (unpaired) electrons. The lowest BCUT2D eigenvalue weighted by Crippen LogP contribution is -2.08. The molecule has 0 fully saturated rings. The molecule has 0 aliphatic carbocycles. The zero-order valence-electron chi connectivity index (χ0n) is 12.4. The number of nitrogens with one attached hydrogen (secondary N) is 1. The maximum Gasteiger partial charge on any atom is 0.142 e. The van der Waals surface area contributed by atoms with Crippen LogP contribution < -0.4 is 10.1 Å². The molecule has 0 spiro atoms. The third kappa shape index (κ3) is 3.88. The van der Waals surface area contributed by atoms with Crippen LogP contribution in [0.1, 0.15) is 31.0 Å². The van der Waals surface area contributed by atoms with E-state index in [9.17, 15) is 4.39 Å². The highest BCUT2D eigenvalue weighted by Gasteiger charge is 2.11. The Bertz CT molecular complexity index is 630. The number of aryl methyl sites for hydroxylation is 1. The molecular formula is C17H19ClFNO. The Kier molecular flexibility index (Phi) is 5.07. The number of ether oxygens (including phenoxy) is 1. The van der Waals surface area contributed by atoms with Crippen molar-refractivity contribution in [1.82, 2.24) is 0 Å². The van der Waals surface area contributed by atoms with Crippen molar-refractivity contribution in [3.05, 3.63) is 58.4 Å². The molecule has 21 heavy (non-hydrogen) atoms. The molecule has 0 saturated carbocycles. The summed E-state index contributed by atoms with van der Waals surface area (Å²) in [5.74, 6) is 0.413. The Hall–Kier alpha value is -1.74. The Morgan fingerprint density at radius 1 is 1.24 bits per heavy atom. The molecule has 1 unspecified atom stereocenters. The summed E-state index contributed by atoms with van der Waals surface area (Å²) in [6, 6.07) is 10.8. The minimum absolute atomic E-state index is 0.00925. The number of halogens is 2. The summed E-state index contributed by atoms with van der Waals surface area (Å²) in [4.78, 5) is 0. The molecule has 1 N–H and O–H groups in total. The average molecular weight is 308 g/mol. The van der Waals surface area contributed by atoms with Crippen LogP contribution in [-0.2, 0) is 0 Å². The first kappa shape index (κ1) is 15.6. The molecule has 2 rings (SSSR count). The van der Waals surface area contributed by atoms with Crippen LogP contribution in [0.5, 0.6) is 5.75 Å². The molecule has 0 aliphatic rings. The van der Waals surface area contributed by atoms with Crippen LogP contribution in [0.2, 0.25) is 5.02 Å². The Balaban J connectivity index is 2.22. The second kappa shape index (κ2) is 6.81. The van der Waals surface area contributed by atoms with Crippen LogP contribution in [0, 0.1) is 12.7 Å². The van der Waals surface area contributed by atoms with Crippen molar-refractivity contribution < 1.29 is 9.13 Å². The van der Waals surface area contributed by atoms with E-state index in [2.05, 4.69) is 5.32 Å². The molecule has 4 heteroatoms. The first-order valence-electron chi connectivity index (χ1n) is 6.96. The Labute approximate surface area is 129 Å². The van der Waals surface area contributed by atoms with Gasteiger partial charge in [-0.05, 0) is 56.2 Å². The fourth-order valence-electron chi connectivity index (χ4n) is 2.12. The van der Waals surface area contributed by atoms with Gasteiger partial charge in [-0.15, -0.1) is 0 Å². The van der Waals surface area contributed by atoms with E-state index >= 15 is 0 Å². The fourth-order valence-corrected chi connectivity index (χ4v) is 2.31. The Morgan fingerprint density at radius 2 is 2.00 bits per heavy atom. The lowest BCUT2D eigenvalue weighted by molar-refractivity contribution is 0.341. The van der Waals surface area contributed by atoms with Gasteiger partial charge in [-0.3, -0.25) is 0 Å². The summed E-state index contributed by atoms with van der Waals surface area (Å²) in [6.07, 6.45) is 0. The van der Waals surface area contributed by atoms with Crippen molar-refractivity contribution in [2.24, 2.45) is 0 Å². The van der Waals surface area contributed by atoms with E-state index in [4.69, 9.17) is 16.3 Å².